The van der Waals surface area contributed by atoms with Gasteiger partial charge >= 0.3 is 0 Å². The normalized spacial score (nSPS) is 12.1. The first-order valence-corrected chi connectivity index (χ1v) is 4.89. The zero-order valence-electron chi connectivity index (χ0n) is 8.73. The molecule has 0 aliphatic heterocycles. The van der Waals surface area contributed by atoms with Gasteiger partial charge in [0.2, 0.25) is 5.91 Å². The number of hydrogen-bond donors (Lipinski definition) is 3. The topological polar surface area (TPSA) is 75.3 Å². The molecular formula is C11H16N2O2. The molecule has 1 rings (SSSR count). The third kappa shape index (κ3) is 3.59. The Morgan fingerprint density at radius 1 is 1.53 bits per heavy atom. The number of amides is 1. The predicted octanol–water partition coefficient (Wildman–Crippen LogP) is 0.398. The summed E-state index contributed by atoms with van der Waals surface area (Å²) in [4.78, 5) is 11.5. The van der Waals surface area contributed by atoms with E-state index in [1.165, 1.54) is 0 Å². The van der Waals surface area contributed by atoms with Gasteiger partial charge in [-0.1, -0.05) is 18.2 Å². The second-order valence-electron chi connectivity index (χ2n) is 3.51. The fourth-order valence-electron chi connectivity index (χ4n) is 1.22. The van der Waals surface area contributed by atoms with Crippen LogP contribution in [0.5, 0.6) is 5.75 Å². The molecule has 1 aromatic carbocycles. The van der Waals surface area contributed by atoms with E-state index in [9.17, 15) is 9.90 Å². The highest BCUT2D eigenvalue weighted by Crippen LogP contribution is 2.15. The molecule has 0 heterocycles. The van der Waals surface area contributed by atoms with Crippen molar-refractivity contribution in [1.29, 1.82) is 0 Å². The molecule has 0 aromatic heterocycles. The molecule has 0 saturated heterocycles. The molecule has 0 spiro atoms. The Balaban J connectivity index is 2.55. The monoisotopic (exact) mass is 208 g/mol. The van der Waals surface area contributed by atoms with Crippen molar-refractivity contribution in [1.82, 2.24) is 5.32 Å². The first-order valence-electron chi connectivity index (χ1n) is 4.89. The summed E-state index contributed by atoms with van der Waals surface area (Å²) in [6.45, 7) is 2.25. The van der Waals surface area contributed by atoms with Crippen LogP contribution in [0.2, 0.25) is 0 Å². The molecule has 0 fully saturated rings. The highest BCUT2D eigenvalue weighted by atomic mass is 16.3. The third-order valence-electron chi connectivity index (χ3n) is 2.10. The molecular weight excluding hydrogens is 192 g/mol. The summed E-state index contributed by atoms with van der Waals surface area (Å²) >= 11 is 0. The van der Waals surface area contributed by atoms with E-state index >= 15 is 0 Å². The Bertz CT molecular complexity index is 339. The van der Waals surface area contributed by atoms with E-state index in [-0.39, 0.29) is 24.1 Å². The van der Waals surface area contributed by atoms with Crippen molar-refractivity contribution in [2.75, 3.05) is 6.54 Å². The van der Waals surface area contributed by atoms with Gasteiger partial charge in [-0.3, -0.25) is 4.79 Å². The fourth-order valence-corrected chi connectivity index (χ4v) is 1.22. The number of rotatable bonds is 4. The van der Waals surface area contributed by atoms with Gasteiger partial charge < -0.3 is 16.2 Å². The van der Waals surface area contributed by atoms with Crippen LogP contribution in [0.4, 0.5) is 0 Å². The Labute approximate surface area is 89.1 Å². The summed E-state index contributed by atoms with van der Waals surface area (Å²) in [6, 6.07) is 6.76. The third-order valence-corrected chi connectivity index (χ3v) is 2.10. The van der Waals surface area contributed by atoms with Crippen LogP contribution in [0.3, 0.4) is 0 Å². The largest absolute Gasteiger partial charge is 0.508 e. The van der Waals surface area contributed by atoms with E-state index in [0.29, 0.717) is 12.1 Å². The van der Waals surface area contributed by atoms with Crippen LogP contribution < -0.4 is 11.1 Å². The number of phenolic OH excluding ortho intramolecular Hbond substituents is 1. The average Bonchev–Trinajstić information content (AvgIpc) is 2.21. The lowest BCUT2D eigenvalue weighted by molar-refractivity contribution is -0.121. The van der Waals surface area contributed by atoms with Gasteiger partial charge in [0.1, 0.15) is 5.75 Å². The first-order chi connectivity index (χ1) is 7.13. The van der Waals surface area contributed by atoms with Gasteiger partial charge in [-0.2, -0.15) is 0 Å². The van der Waals surface area contributed by atoms with Crippen LogP contribution in [0.1, 0.15) is 12.5 Å². The van der Waals surface area contributed by atoms with Gasteiger partial charge in [0.05, 0.1) is 6.42 Å². The van der Waals surface area contributed by atoms with Crippen molar-refractivity contribution >= 4 is 5.91 Å². The molecule has 0 radical (unpaired) electrons. The van der Waals surface area contributed by atoms with Gasteiger partial charge in [-0.15, -0.1) is 0 Å². The van der Waals surface area contributed by atoms with Crippen LogP contribution in [-0.4, -0.2) is 23.6 Å². The summed E-state index contributed by atoms with van der Waals surface area (Å²) in [5.41, 5.74) is 6.00. The fraction of sp³-hybridized carbons (Fsp3) is 0.364. The zero-order chi connectivity index (χ0) is 11.3. The van der Waals surface area contributed by atoms with Crippen LogP contribution in [0, 0.1) is 0 Å². The van der Waals surface area contributed by atoms with Crippen molar-refractivity contribution < 1.29 is 9.90 Å². The van der Waals surface area contributed by atoms with Crippen molar-refractivity contribution in [2.45, 2.75) is 19.4 Å². The molecule has 1 atom stereocenters. The minimum atomic E-state index is -0.130. The molecule has 1 aromatic rings. The zero-order valence-corrected chi connectivity index (χ0v) is 8.73. The Kier molecular flexibility index (Phi) is 4.12. The Morgan fingerprint density at radius 2 is 2.20 bits per heavy atom. The van der Waals surface area contributed by atoms with Crippen molar-refractivity contribution in [3.63, 3.8) is 0 Å². The van der Waals surface area contributed by atoms with Crippen LogP contribution >= 0.6 is 0 Å². The summed E-state index contributed by atoms with van der Waals surface area (Å²) in [5.74, 6) is 0.0162. The van der Waals surface area contributed by atoms with Crippen molar-refractivity contribution in [3.05, 3.63) is 29.8 Å². The molecule has 4 heteroatoms. The number of nitrogens with one attached hydrogen (secondary N) is 1. The molecule has 4 nitrogen and oxygen atoms in total. The SMILES string of the molecule is CC(CN)NC(=O)Cc1ccccc1O. The quantitative estimate of drug-likeness (QED) is 0.670. The minimum Gasteiger partial charge on any atom is -0.508 e. The van der Waals surface area contributed by atoms with Gasteiger partial charge in [-0.05, 0) is 13.0 Å². The lowest BCUT2D eigenvalue weighted by Gasteiger charge is -2.11. The maximum Gasteiger partial charge on any atom is 0.224 e. The van der Waals surface area contributed by atoms with Crippen molar-refractivity contribution in [3.8, 4) is 5.75 Å². The lowest BCUT2D eigenvalue weighted by atomic mass is 10.1. The first kappa shape index (κ1) is 11.5. The molecule has 0 aliphatic rings. The van der Waals surface area contributed by atoms with Gasteiger partial charge in [-0.25, -0.2) is 0 Å². The maximum absolute atomic E-state index is 11.5. The Hall–Kier alpha value is -1.55. The molecule has 4 N–H and O–H groups in total. The number of para-hydroxylation sites is 1. The second-order valence-corrected chi connectivity index (χ2v) is 3.51. The average molecular weight is 208 g/mol. The highest BCUT2D eigenvalue weighted by molar-refractivity contribution is 5.79. The summed E-state index contributed by atoms with van der Waals surface area (Å²) in [5, 5.41) is 12.2. The van der Waals surface area contributed by atoms with Gasteiger partial charge in [0, 0.05) is 18.2 Å². The van der Waals surface area contributed by atoms with Crippen LogP contribution in [-0.2, 0) is 11.2 Å². The summed E-state index contributed by atoms with van der Waals surface area (Å²) in [7, 11) is 0. The molecule has 1 amide bonds. The second kappa shape index (κ2) is 5.36. The number of carbonyl (C=O) groups is 1. The molecule has 82 valence electrons. The molecule has 0 aliphatic carbocycles. The minimum absolute atomic E-state index is 0.0386. The molecule has 0 bridgehead atoms. The number of phenols is 1. The van der Waals surface area contributed by atoms with E-state index in [2.05, 4.69) is 5.32 Å². The smallest absolute Gasteiger partial charge is 0.224 e. The van der Waals surface area contributed by atoms with Gasteiger partial charge in [0.25, 0.3) is 0 Å². The number of benzene rings is 1. The highest BCUT2D eigenvalue weighted by Gasteiger charge is 2.08. The molecule has 1 unspecified atom stereocenters. The molecule has 0 saturated carbocycles. The van der Waals surface area contributed by atoms with Crippen LogP contribution in [0.15, 0.2) is 24.3 Å². The standard InChI is InChI=1S/C11H16N2O2/c1-8(7-12)13-11(15)6-9-4-2-3-5-10(9)14/h2-5,8,14H,6-7,12H2,1H3,(H,13,15). The van der Waals surface area contributed by atoms with Crippen molar-refractivity contribution in [2.24, 2.45) is 5.73 Å². The van der Waals surface area contributed by atoms with Gasteiger partial charge in [0.15, 0.2) is 0 Å². The lowest BCUT2D eigenvalue weighted by Crippen LogP contribution is -2.38. The van der Waals surface area contributed by atoms with E-state index in [4.69, 9.17) is 5.73 Å². The number of aromatic hydroxyl groups is 1. The maximum atomic E-state index is 11.5. The van der Waals surface area contributed by atoms with E-state index in [1.54, 1.807) is 24.3 Å². The van der Waals surface area contributed by atoms with E-state index in [1.807, 2.05) is 6.92 Å². The molecule has 15 heavy (non-hydrogen) atoms. The number of nitrogens with two attached hydrogens (primary N) is 1. The van der Waals surface area contributed by atoms with Crippen LogP contribution in [0.25, 0.3) is 0 Å². The van der Waals surface area contributed by atoms with E-state index in [0.717, 1.165) is 0 Å². The Morgan fingerprint density at radius 3 is 2.80 bits per heavy atom. The summed E-state index contributed by atoms with van der Waals surface area (Å²) < 4.78 is 0. The predicted molar refractivity (Wildman–Crippen MR) is 58.5 cm³/mol. The van der Waals surface area contributed by atoms with E-state index < -0.39 is 0 Å². The summed E-state index contributed by atoms with van der Waals surface area (Å²) in [6.07, 6.45) is 0.178. The number of carbonyl (C=O) groups excluding carboxylic acids is 1. The number of hydrogen-bond acceptors (Lipinski definition) is 3.